The number of nitrogens with one attached hydrogen (secondary N) is 1. The highest BCUT2D eigenvalue weighted by Gasteiger charge is 2.49. The van der Waals surface area contributed by atoms with Crippen LogP contribution >= 0.6 is 0 Å². The average molecular weight is 480 g/mol. The molecule has 184 valence electrons. The van der Waals surface area contributed by atoms with Crippen molar-refractivity contribution in [3.63, 3.8) is 0 Å². The van der Waals surface area contributed by atoms with Crippen LogP contribution in [0.15, 0.2) is 18.2 Å². The van der Waals surface area contributed by atoms with Gasteiger partial charge in [-0.05, 0) is 86.7 Å². The van der Waals surface area contributed by atoms with Crippen molar-refractivity contribution >= 4 is 15.9 Å². The summed E-state index contributed by atoms with van der Waals surface area (Å²) in [6.45, 7) is 7.15. The van der Waals surface area contributed by atoms with Crippen molar-refractivity contribution < 1.29 is 17.6 Å². The summed E-state index contributed by atoms with van der Waals surface area (Å²) < 4.78 is 39.5. The summed E-state index contributed by atoms with van der Waals surface area (Å²) in [5, 5.41) is 0. The summed E-state index contributed by atoms with van der Waals surface area (Å²) in [6.07, 6.45) is 7.60. The highest BCUT2D eigenvalue weighted by molar-refractivity contribution is 7.88. The van der Waals surface area contributed by atoms with E-state index in [1.54, 1.807) is 17.0 Å². The average Bonchev–Trinajstić information content (AvgIpc) is 2.77. The Morgan fingerprint density at radius 1 is 1.15 bits per heavy atom. The van der Waals surface area contributed by atoms with Crippen molar-refractivity contribution in [2.45, 2.75) is 70.4 Å². The van der Waals surface area contributed by atoms with E-state index in [0.717, 1.165) is 55.1 Å². The second-order valence-corrected chi connectivity index (χ2v) is 12.5. The molecule has 0 aromatic heterocycles. The summed E-state index contributed by atoms with van der Waals surface area (Å²) in [5.41, 5.74) is 1.17. The van der Waals surface area contributed by atoms with Crippen molar-refractivity contribution in [1.82, 2.24) is 14.5 Å². The molecule has 0 radical (unpaired) electrons. The van der Waals surface area contributed by atoms with E-state index in [4.69, 9.17) is 0 Å². The van der Waals surface area contributed by atoms with Gasteiger partial charge in [0.15, 0.2) is 0 Å². The molecule has 1 amide bonds. The first kappa shape index (κ1) is 24.6. The summed E-state index contributed by atoms with van der Waals surface area (Å²) >= 11 is 0. The van der Waals surface area contributed by atoms with Gasteiger partial charge in [0.25, 0.3) is 0 Å². The monoisotopic (exact) mass is 479 g/mol. The molecule has 1 aliphatic carbocycles. The fourth-order valence-corrected chi connectivity index (χ4v) is 6.75. The van der Waals surface area contributed by atoms with E-state index in [-0.39, 0.29) is 24.8 Å². The van der Waals surface area contributed by atoms with E-state index in [9.17, 15) is 17.6 Å². The van der Waals surface area contributed by atoms with Crippen LogP contribution in [-0.2, 0) is 26.8 Å². The number of likely N-dealkylation sites (tertiary alicyclic amines) is 1. The van der Waals surface area contributed by atoms with Crippen LogP contribution in [-0.4, -0.2) is 62.6 Å². The maximum absolute atomic E-state index is 14.1. The molecule has 3 aliphatic rings. The number of rotatable bonds is 6. The Morgan fingerprint density at radius 2 is 1.82 bits per heavy atom. The van der Waals surface area contributed by atoms with Gasteiger partial charge in [0, 0.05) is 25.7 Å². The van der Waals surface area contributed by atoms with Crippen molar-refractivity contribution in [2.75, 3.05) is 32.4 Å². The summed E-state index contributed by atoms with van der Waals surface area (Å²) in [4.78, 5) is 18.0. The van der Waals surface area contributed by atoms with Gasteiger partial charge in [0.2, 0.25) is 15.9 Å². The van der Waals surface area contributed by atoms with Gasteiger partial charge < -0.3 is 9.80 Å². The molecule has 1 spiro atoms. The van der Waals surface area contributed by atoms with Crippen LogP contribution in [0.1, 0.15) is 63.5 Å². The van der Waals surface area contributed by atoms with Crippen LogP contribution in [0, 0.1) is 17.7 Å². The van der Waals surface area contributed by atoms with Crippen LogP contribution in [0.4, 0.5) is 4.39 Å². The minimum Gasteiger partial charge on any atom is -0.336 e. The number of hydrogen-bond acceptors (Lipinski definition) is 4. The van der Waals surface area contributed by atoms with Gasteiger partial charge in [-0.3, -0.25) is 4.79 Å². The molecule has 2 fully saturated rings. The number of hydrogen-bond donors (Lipinski definition) is 1. The number of amides is 1. The molecule has 0 unspecified atom stereocenters. The summed E-state index contributed by atoms with van der Waals surface area (Å²) in [5.74, 6) is 1.33. The van der Waals surface area contributed by atoms with E-state index >= 15 is 0 Å². The standard InChI is InChI=1S/C25H38FN3O3S/c1-18(2)19-4-7-22(8-5-19)28-13-10-25(11-14-28)23-9-6-21(26)16-20(23)17-29(24(25)30)15-12-27-33(3,31)32/h6,9,16,18-19,22,27H,4-5,7-8,10-15,17H2,1-3H3/t19-,22+. The number of piperidine rings is 1. The fraction of sp³-hybridized carbons (Fsp3) is 0.720. The zero-order chi connectivity index (χ0) is 23.8. The second kappa shape index (κ2) is 9.62. The van der Waals surface area contributed by atoms with Gasteiger partial charge in [0.1, 0.15) is 5.82 Å². The lowest BCUT2D eigenvalue weighted by atomic mass is 9.67. The van der Waals surface area contributed by atoms with E-state index < -0.39 is 15.4 Å². The Balaban J connectivity index is 1.49. The van der Waals surface area contributed by atoms with Gasteiger partial charge in [-0.1, -0.05) is 19.9 Å². The molecule has 1 saturated carbocycles. The molecule has 2 aliphatic heterocycles. The zero-order valence-corrected chi connectivity index (χ0v) is 21.0. The number of sulfonamides is 1. The largest absolute Gasteiger partial charge is 0.336 e. The van der Waals surface area contributed by atoms with Crippen molar-refractivity contribution in [2.24, 2.45) is 11.8 Å². The van der Waals surface area contributed by atoms with Crippen LogP contribution in [0.5, 0.6) is 0 Å². The van der Waals surface area contributed by atoms with E-state index in [1.807, 2.05) is 0 Å². The van der Waals surface area contributed by atoms with Crippen LogP contribution < -0.4 is 4.72 Å². The van der Waals surface area contributed by atoms with Crippen LogP contribution in [0.2, 0.25) is 0 Å². The smallest absolute Gasteiger partial charge is 0.233 e. The van der Waals surface area contributed by atoms with Crippen LogP contribution in [0.25, 0.3) is 0 Å². The maximum atomic E-state index is 14.1. The van der Waals surface area contributed by atoms with Crippen LogP contribution in [0.3, 0.4) is 0 Å². The Hall–Kier alpha value is -1.51. The topological polar surface area (TPSA) is 69.7 Å². The molecule has 0 atom stereocenters. The lowest BCUT2D eigenvalue weighted by molar-refractivity contribution is -0.142. The minimum absolute atomic E-state index is 0.0556. The van der Waals surface area contributed by atoms with Gasteiger partial charge in [-0.2, -0.15) is 0 Å². The van der Waals surface area contributed by atoms with Crippen molar-refractivity contribution in [3.8, 4) is 0 Å². The first-order chi connectivity index (χ1) is 15.6. The normalized spacial score (nSPS) is 26.1. The Bertz CT molecular complexity index is 965. The van der Waals surface area contributed by atoms with Gasteiger partial charge in [0.05, 0.1) is 11.7 Å². The summed E-state index contributed by atoms with van der Waals surface area (Å²) in [7, 11) is -3.33. The molecule has 1 aromatic carbocycles. The maximum Gasteiger partial charge on any atom is 0.233 e. The molecular formula is C25H38FN3O3S. The molecule has 1 aromatic rings. The van der Waals surface area contributed by atoms with Gasteiger partial charge in [-0.25, -0.2) is 17.5 Å². The SMILES string of the molecule is CC(C)[C@H]1CC[C@@H](N2CCC3(CC2)C(=O)N(CCNS(C)(=O)=O)Cc2cc(F)ccc23)CC1. The highest BCUT2D eigenvalue weighted by atomic mass is 32.2. The highest BCUT2D eigenvalue weighted by Crippen LogP contribution is 2.44. The predicted molar refractivity (Wildman–Crippen MR) is 128 cm³/mol. The molecule has 33 heavy (non-hydrogen) atoms. The quantitative estimate of drug-likeness (QED) is 0.680. The molecule has 8 heteroatoms. The van der Waals surface area contributed by atoms with Gasteiger partial charge >= 0.3 is 0 Å². The number of carbonyl (C=O) groups excluding carboxylic acids is 1. The summed E-state index contributed by atoms with van der Waals surface area (Å²) in [6, 6.07) is 5.41. The van der Waals surface area contributed by atoms with E-state index in [0.29, 0.717) is 12.6 Å². The Kier molecular flexibility index (Phi) is 7.18. The minimum atomic E-state index is -3.33. The zero-order valence-electron chi connectivity index (χ0n) is 20.1. The van der Waals surface area contributed by atoms with Crippen molar-refractivity contribution in [1.29, 1.82) is 0 Å². The third kappa shape index (κ3) is 5.28. The fourth-order valence-electron chi connectivity index (χ4n) is 6.29. The third-order valence-corrected chi connectivity index (χ3v) is 8.97. The third-order valence-electron chi connectivity index (χ3n) is 8.24. The number of fused-ring (bicyclic) bond motifs is 2. The van der Waals surface area contributed by atoms with Crippen molar-refractivity contribution in [3.05, 3.63) is 35.1 Å². The van der Waals surface area contributed by atoms with Gasteiger partial charge in [-0.15, -0.1) is 0 Å². The number of nitrogens with zero attached hydrogens (tertiary/aromatic N) is 2. The molecule has 6 nitrogen and oxygen atoms in total. The lowest BCUT2D eigenvalue weighted by Crippen LogP contribution is -2.58. The lowest BCUT2D eigenvalue weighted by Gasteiger charge is -2.49. The predicted octanol–water partition coefficient (Wildman–Crippen LogP) is 3.27. The Labute approximate surface area is 198 Å². The molecular weight excluding hydrogens is 441 g/mol. The Morgan fingerprint density at radius 3 is 2.42 bits per heavy atom. The number of halogens is 1. The molecule has 2 heterocycles. The van der Waals surface area contributed by atoms with E-state index in [1.165, 1.54) is 31.7 Å². The first-order valence-electron chi connectivity index (χ1n) is 12.4. The molecule has 1 saturated heterocycles. The second-order valence-electron chi connectivity index (χ2n) is 10.6. The number of benzene rings is 1. The van der Waals surface area contributed by atoms with E-state index in [2.05, 4.69) is 23.5 Å². The molecule has 4 rings (SSSR count). The molecule has 0 bridgehead atoms. The molecule has 1 N–H and O–H groups in total. The first-order valence-corrected chi connectivity index (χ1v) is 14.3. The number of carbonyl (C=O) groups is 1.